The second-order valence-electron chi connectivity index (χ2n) is 4.14. The maximum Gasteiger partial charge on any atom is 0.318 e. The maximum atomic E-state index is 6.21. The molecule has 2 unspecified atom stereocenters. The summed E-state index contributed by atoms with van der Waals surface area (Å²) in [5, 5.41) is 3.96. The second-order valence-corrected chi connectivity index (χ2v) is 5.11. The van der Waals surface area contributed by atoms with Gasteiger partial charge < -0.3 is 10.1 Å². The fraction of sp³-hybridized carbons (Fsp3) is 0.636. The molecule has 0 radical (unpaired) electrons. The number of rotatable bonds is 4. The van der Waals surface area contributed by atoms with Crippen LogP contribution in [0.2, 0.25) is 5.02 Å². The van der Waals surface area contributed by atoms with Gasteiger partial charge in [0.15, 0.2) is 5.82 Å². The van der Waals surface area contributed by atoms with E-state index in [4.69, 9.17) is 27.9 Å². The molecule has 17 heavy (non-hydrogen) atoms. The summed E-state index contributed by atoms with van der Waals surface area (Å²) in [6, 6.07) is 0.311. The summed E-state index contributed by atoms with van der Waals surface area (Å²) < 4.78 is 4.96. The molecular weight excluding hydrogens is 261 g/mol. The molecular formula is C11H15Cl2N3O. The Morgan fingerprint density at radius 3 is 3.00 bits per heavy atom. The Labute approximate surface area is 111 Å². The average Bonchev–Trinajstić information content (AvgIpc) is 2.74. The number of nitrogens with zero attached hydrogens (tertiary/aromatic N) is 2. The van der Waals surface area contributed by atoms with E-state index >= 15 is 0 Å². The van der Waals surface area contributed by atoms with Crippen molar-refractivity contribution < 1.29 is 4.74 Å². The second kappa shape index (κ2) is 5.74. The lowest BCUT2D eigenvalue weighted by molar-refractivity contribution is 0.380. The molecule has 6 heteroatoms. The highest BCUT2D eigenvalue weighted by molar-refractivity contribution is 6.32. The standard InChI is InChI=1S/C11H15Cl2N3O/c1-17-11-15-6-9(13)10(16-11)14-5-7-3-2-4-8(7)12/h6-8H,2-5H2,1H3,(H,14,15,16). The van der Waals surface area contributed by atoms with Crippen molar-refractivity contribution in [3.63, 3.8) is 0 Å². The smallest absolute Gasteiger partial charge is 0.318 e. The molecule has 94 valence electrons. The zero-order valence-corrected chi connectivity index (χ0v) is 11.1. The van der Waals surface area contributed by atoms with Gasteiger partial charge in [-0.25, -0.2) is 4.98 Å². The number of ether oxygens (including phenoxy) is 1. The summed E-state index contributed by atoms with van der Waals surface area (Å²) in [4.78, 5) is 8.08. The largest absolute Gasteiger partial charge is 0.467 e. The molecule has 2 atom stereocenters. The summed E-state index contributed by atoms with van der Waals surface area (Å²) >= 11 is 12.2. The molecule has 1 aromatic rings. The van der Waals surface area contributed by atoms with Crippen LogP contribution in [-0.2, 0) is 0 Å². The van der Waals surface area contributed by atoms with Crippen molar-refractivity contribution in [1.29, 1.82) is 0 Å². The van der Waals surface area contributed by atoms with E-state index in [1.54, 1.807) is 0 Å². The quantitative estimate of drug-likeness (QED) is 0.859. The van der Waals surface area contributed by atoms with Crippen LogP contribution in [0.1, 0.15) is 19.3 Å². The van der Waals surface area contributed by atoms with E-state index in [0.717, 1.165) is 19.4 Å². The molecule has 0 spiro atoms. The van der Waals surface area contributed by atoms with Crippen molar-refractivity contribution in [2.24, 2.45) is 5.92 Å². The summed E-state index contributed by atoms with van der Waals surface area (Å²) in [5.41, 5.74) is 0. The van der Waals surface area contributed by atoms with Crippen LogP contribution >= 0.6 is 23.2 Å². The van der Waals surface area contributed by atoms with Gasteiger partial charge in [0.1, 0.15) is 5.02 Å². The normalized spacial score (nSPS) is 23.7. The van der Waals surface area contributed by atoms with Crippen molar-refractivity contribution >= 4 is 29.0 Å². The lowest BCUT2D eigenvalue weighted by Gasteiger charge is -2.15. The molecule has 2 rings (SSSR count). The summed E-state index contributed by atoms with van der Waals surface area (Å²) in [6.45, 7) is 0.786. The molecule has 0 saturated heterocycles. The maximum absolute atomic E-state index is 6.21. The first-order valence-electron chi connectivity index (χ1n) is 5.65. The van der Waals surface area contributed by atoms with E-state index in [1.165, 1.54) is 19.7 Å². The highest BCUT2D eigenvalue weighted by atomic mass is 35.5. The van der Waals surface area contributed by atoms with E-state index in [1.807, 2.05) is 0 Å². The minimum Gasteiger partial charge on any atom is -0.467 e. The molecule has 0 amide bonds. The fourth-order valence-corrected chi connectivity index (χ4v) is 2.55. The Hall–Kier alpha value is -0.740. The number of methoxy groups -OCH3 is 1. The topological polar surface area (TPSA) is 47.0 Å². The molecule has 1 heterocycles. The lowest BCUT2D eigenvalue weighted by atomic mass is 10.1. The van der Waals surface area contributed by atoms with Gasteiger partial charge in [-0.05, 0) is 18.8 Å². The number of anilines is 1. The van der Waals surface area contributed by atoms with Crippen molar-refractivity contribution in [3.05, 3.63) is 11.2 Å². The third kappa shape index (κ3) is 3.13. The van der Waals surface area contributed by atoms with Gasteiger partial charge >= 0.3 is 6.01 Å². The zero-order chi connectivity index (χ0) is 12.3. The molecule has 0 aliphatic heterocycles. The van der Waals surface area contributed by atoms with Crippen LogP contribution in [0, 0.1) is 5.92 Å². The predicted octanol–water partition coefficient (Wildman–Crippen LogP) is 2.96. The van der Waals surface area contributed by atoms with Crippen molar-refractivity contribution in [2.75, 3.05) is 19.0 Å². The van der Waals surface area contributed by atoms with E-state index in [9.17, 15) is 0 Å². The molecule has 1 aliphatic rings. The molecule has 4 nitrogen and oxygen atoms in total. The fourth-order valence-electron chi connectivity index (χ4n) is 2.02. The Morgan fingerprint density at radius 1 is 1.53 bits per heavy atom. The molecule has 1 N–H and O–H groups in total. The van der Waals surface area contributed by atoms with E-state index in [-0.39, 0.29) is 5.38 Å². The molecule has 1 aromatic heterocycles. The first-order chi connectivity index (χ1) is 8.20. The zero-order valence-electron chi connectivity index (χ0n) is 9.62. The highest BCUT2D eigenvalue weighted by Gasteiger charge is 2.25. The number of halogens is 2. The first kappa shape index (κ1) is 12.7. The summed E-state index contributed by atoms with van der Waals surface area (Å²) in [7, 11) is 1.53. The van der Waals surface area contributed by atoms with Gasteiger partial charge in [0.2, 0.25) is 0 Å². The number of nitrogens with one attached hydrogen (secondary N) is 1. The van der Waals surface area contributed by atoms with Gasteiger partial charge in [0.05, 0.1) is 13.3 Å². The molecule has 0 aromatic carbocycles. The van der Waals surface area contributed by atoms with Crippen LogP contribution in [0.3, 0.4) is 0 Å². The van der Waals surface area contributed by atoms with Crippen LogP contribution in [0.15, 0.2) is 6.20 Å². The van der Waals surface area contributed by atoms with Gasteiger partial charge in [-0.1, -0.05) is 18.0 Å². The highest BCUT2D eigenvalue weighted by Crippen LogP contribution is 2.30. The van der Waals surface area contributed by atoms with Crippen LogP contribution in [0.5, 0.6) is 6.01 Å². The number of hydrogen-bond donors (Lipinski definition) is 1. The van der Waals surface area contributed by atoms with Crippen molar-refractivity contribution in [2.45, 2.75) is 24.6 Å². The average molecular weight is 276 g/mol. The molecule has 1 aliphatic carbocycles. The minimum absolute atomic E-state index is 0.255. The summed E-state index contributed by atoms with van der Waals surface area (Å²) in [6.07, 6.45) is 4.97. The third-order valence-corrected chi connectivity index (χ3v) is 3.85. The third-order valence-electron chi connectivity index (χ3n) is 3.00. The van der Waals surface area contributed by atoms with Crippen molar-refractivity contribution in [1.82, 2.24) is 9.97 Å². The minimum atomic E-state index is 0.255. The Morgan fingerprint density at radius 2 is 2.35 bits per heavy atom. The van der Waals surface area contributed by atoms with Gasteiger partial charge in [-0.3, -0.25) is 0 Å². The lowest BCUT2D eigenvalue weighted by Crippen LogP contribution is -2.19. The van der Waals surface area contributed by atoms with Gasteiger partial charge in [0, 0.05) is 11.9 Å². The number of hydrogen-bond acceptors (Lipinski definition) is 4. The predicted molar refractivity (Wildman–Crippen MR) is 69.1 cm³/mol. The number of alkyl halides is 1. The number of aromatic nitrogens is 2. The molecule has 1 fully saturated rings. The SMILES string of the molecule is COc1ncc(Cl)c(NCC2CCCC2Cl)n1. The molecule has 1 saturated carbocycles. The Balaban J connectivity index is 1.98. The molecule has 0 bridgehead atoms. The van der Waals surface area contributed by atoms with Gasteiger partial charge in [0.25, 0.3) is 0 Å². The van der Waals surface area contributed by atoms with Crippen LogP contribution < -0.4 is 10.1 Å². The van der Waals surface area contributed by atoms with Crippen LogP contribution in [-0.4, -0.2) is 29.0 Å². The van der Waals surface area contributed by atoms with E-state index in [2.05, 4.69) is 15.3 Å². The Kier molecular flexibility index (Phi) is 4.29. The first-order valence-corrected chi connectivity index (χ1v) is 6.46. The van der Waals surface area contributed by atoms with E-state index in [0.29, 0.717) is 22.8 Å². The van der Waals surface area contributed by atoms with E-state index < -0.39 is 0 Å². The van der Waals surface area contributed by atoms with Gasteiger partial charge in [-0.15, -0.1) is 11.6 Å². The van der Waals surface area contributed by atoms with Crippen LogP contribution in [0.25, 0.3) is 0 Å². The van der Waals surface area contributed by atoms with Crippen molar-refractivity contribution in [3.8, 4) is 6.01 Å². The monoisotopic (exact) mass is 275 g/mol. The van der Waals surface area contributed by atoms with Crippen LogP contribution in [0.4, 0.5) is 5.82 Å². The summed E-state index contributed by atoms with van der Waals surface area (Å²) in [5.74, 6) is 1.09. The van der Waals surface area contributed by atoms with Gasteiger partial charge in [-0.2, -0.15) is 4.98 Å². The Bertz CT molecular complexity index is 389.